The van der Waals surface area contributed by atoms with Crippen molar-refractivity contribution in [3.05, 3.63) is 35.6 Å². The number of rotatable bonds is 5. The highest BCUT2D eigenvalue weighted by Gasteiger charge is 2.19. The van der Waals surface area contributed by atoms with Crippen LogP contribution in [0.25, 0.3) is 11.0 Å². The quantitative estimate of drug-likeness (QED) is 0.879. The van der Waals surface area contributed by atoms with E-state index in [9.17, 15) is 9.59 Å². The molecular formula is C15H17NO4. The van der Waals surface area contributed by atoms with E-state index in [2.05, 4.69) is 5.32 Å². The third-order valence-corrected chi connectivity index (χ3v) is 3.22. The van der Waals surface area contributed by atoms with Crippen LogP contribution < -0.4 is 5.32 Å². The molecule has 1 amide bonds. The number of hydrogen-bond acceptors (Lipinski definition) is 3. The number of carboxylic acid groups (broad SMARTS) is 1. The van der Waals surface area contributed by atoms with Crippen LogP contribution in [0.5, 0.6) is 0 Å². The molecule has 1 unspecified atom stereocenters. The topological polar surface area (TPSA) is 79.5 Å². The minimum absolute atomic E-state index is 0.0283. The summed E-state index contributed by atoms with van der Waals surface area (Å²) in [5.74, 6) is -0.893. The first kappa shape index (κ1) is 14.1. The van der Waals surface area contributed by atoms with E-state index in [0.717, 1.165) is 10.9 Å². The molecule has 2 N–H and O–H groups in total. The van der Waals surface area contributed by atoms with Crippen LogP contribution in [0.15, 0.2) is 28.7 Å². The molecule has 1 heterocycles. The Hall–Kier alpha value is -2.30. The molecule has 2 rings (SSSR count). The number of aliphatic carboxylic acids is 1. The van der Waals surface area contributed by atoms with E-state index in [0.29, 0.717) is 12.0 Å². The first-order valence-electron chi connectivity index (χ1n) is 6.50. The Morgan fingerprint density at radius 3 is 2.70 bits per heavy atom. The number of carbonyl (C=O) groups excluding carboxylic acids is 1. The molecule has 0 bridgehead atoms. The monoisotopic (exact) mass is 275 g/mol. The molecular weight excluding hydrogens is 258 g/mol. The van der Waals surface area contributed by atoms with Crippen LogP contribution >= 0.6 is 0 Å². The summed E-state index contributed by atoms with van der Waals surface area (Å²) in [5, 5.41) is 12.3. The predicted molar refractivity (Wildman–Crippen MR) is 74.7 cm³/mol. The molecule has 0 aliphatic rings. The van der Waals surface area contributed by atoms with Gasteiger partial charge in [-0.2, -0.15) is 0 Å². The average Bonchev–Trinajstić information content (AvgIpc) is 2.74. The van der Waals surface area contributed by atoms with Gasteiger partial charge in [0, 0.05) is 23.4 Å². The Balaban J connectivity index is 2.11. The number of fused-ring (bicyclic) bond motifs is 1. The fraction of sp³-hybridized carbons (Fsp3) is 0.333. The van der Waals surface area contributed by atoms with Gasteiger partial charge in [0.1, 0.15) is 5.58 Å². The highest BCUT2D eigenvalue weighted by atomic mass is 16.4. The lowest BCUT2D eigenvalue weighted by atomic mass is 10.1. The van der Waals surface area contributed by atoms with Crippen LogP contribution in [0.2, 0.25) is 0 Å². The van der Waals surface area contributed by atoms with Gasteiger partial charge in [0.15, 0.2) is 5.76 Å². The van der Waals surface area contributed by atoms with Crippen molar-refractivity contribution < 1.29 is 19.1 Å². The van der Waals surface area contributed by atoms with Crippen LogP contribution in [-0.4, -0.2) is 23.0 Å². The normalized spacial score (nSPS) is 12.3. The van der Waals surface area contributed by atoms with Gasteiger partial charge in [-0.05, 0) is 26.3 Å². The van der Waals surface area contributed by atoms with Crippen molar-refractivity contribution in [2.24, 2.45) is 0 Å². The molecule has 5 heteroatoms. The number of carbonyl (C=O) groups is 2. The molecule has 2 aromatic rings. The van der Waals surface area contributed by atoms with Gasteiger partial charge in [0.2, 0.25) is 0 Å². The molecule has 0 radical (unpaired) electrons. The molecule has 5 nitrogen and oxygen atoms in total. The molecule has 1 atom stereocenters. The summed E-state index contributed by atoms with van der Waals surface area (Å²) in [6.45, 7) is 3.61. The van der Waals surface area contributed by atoms with E-state index in [1.807, 2.05) is 31.2 Å². The van der Waals surface area contributed by atoms with E-state index >= 15 is 0 Å². The molecule has 0 fully saturated rings. The third-order valence-electron chi connectivity index (χ3n) is 3.22. The van der Waals surface area contributed by atoms with Crippen LogP contribution in [-0.2, 0) is 4.79 Å². The van der Waals surface area contributed by atoms with Crippen molar-refractivity contribution in [3.8, 4) is 0 Å². The Labute approximate surface area is 116 Å². The molecule has 106 valence electrons. The number of carboxylic acids is 1. The molecule has 0 aliphatic heterocycles. The fourth-order valence-corrected chi connectivity index (χ4v) is 2.09. The molecule has 20 heavy (non-hydrogen) atoms. The molecule has 0 spiro atoms. The largest absolute Gasteiger partial charge is 0.481 e. The van der Waals surface area contributed by atoms with Gasteiger partial charge in [-0.1, -0.05) is 18.2 Å². The summed E-state index contributed by atoms with van der Waals surface area (Å²) in [7, 11) is 0. The first-order chi connectivity index (χ1) is 9.49. The van der Waals surface area contributed by atoms with Gasteiger partial charge in [-0.3, -0.25) is 9.59 Å². The van der Waals surface area contributed by atoms with Crippen LogP contribution in [0.4, 0.5) is 0 Å². The number of benzene rings is 1. The van der Waals surface area contributed by atoms with Crippen LogP contribution in [0.3, 0.4) is 0 Å². The van der Waals surface area contributed by atoms with E-state index in [1.54, 1.807) is 6.92 Å². The second-order valence-electron chi connectivity index (χ2n) is 4.86. The van der Waals surface area contributed by atoms with Crippen molar-refractivity contribution >= 4 is 22.8 Å². The smallest absolute Gasteiger partial charge is 0.303 e. The Morgan fingerprint density at radius 1 is 1.35 bits per heavy atom. The SMILES string of the molecule is Cc1c(C(=O)NC(C)CCC(=O)O)oc2ccccc12. The lowest BCUT2D eigenvalue weighted by Gasteiger charge is -2.11. The second-order valence-corrected chi connectivity index (χ2v) is 4.86. The summed E-state index contributed by atoms with van der Waals surface area (Å²) >= 11 is 0. The summed E-state index contributed by atoms with van der Waals surface area (Å²) in [5.41, 5.74) is 1.47. The standard InChI is InChI=1S/C15H17NO4/c1-9(7-8-13(17)18)16-15(19)14-10(2)11-5-3-4-6-12(11)20-14/h3-6,9H,7-8H2,1-2H3,(H,16,19)(H,17,18). The number of para-hydroxylation sites is 1. The molecule has 0 saturated carbocycles. The Morgan fingerprint density at radius 2 is 2.05 bits per heavy atom. The van der Waals surface area contributed by atoms with E-state index in [1.165, 1.54) is 0 Å². The van der Waals surface area contributed by atoms with Crippen molar-refractivity contribution in [2.45, 2.75) is 32.7 Å². The predicted octanol–water partition coefficient (Wildman–Crippen LogP) is 2.72. The second kappa shape index (κ2) is 5.77. The van der Waals surface area contributed by atoms with E-state index in [4.69, 9.17) is 9.52 Å². The molecule has 1 aromatic carbocycles. The maximum absolute atomic E-state index is 12.1. The van der Waals surface area contributed by atoms with Crippen molar-refractivity contribution in [2.75, 3.05) is 0 Å². The van der Waals surface area contributed by atoms with Gasteiger partial charge >= 0.3 is 5.97 Å². The third kappa shape index (κ3) is 2.99. The Bertz CT molecular complexity index is 644. The van der Waals surface area contributed by atoms with Gasteiger partial charge < -0.3 is 14.8 Å². The molecule has 0 aliphatic carbocycles. The van der Waals surface area contributed by atoms with Gasteiger partial charge in [0.25, 0.3) is 5.91 Å². The number of amides is 1. The first-order valence-corrected chi connectivity index (χ1v) is 6.50. The van der Waals surface area contributed by atoms with Crippen molar-refractivity contribution in [1.29, 1.82) is 0 Å². The van der Waals surface area contributed by atoms with Gasteiger partial charge in [-0.15, -0.1) is 0 Å². The zero-order chi connectivity index (χ0) is 14.7. The zero-order valence-electron chi connectivity index (χ0n) is 11.5. The van der Waals surface area contributed by atoms with Crippen LogP contribution in [0.1, 0.15) is 35.9 Å². The molecule has 0 saturated heterocycles. The lowest BCUT2D eigenvalue weighted by molar-refractivity contribution is -0.137. The van der Waals surface area contributed by atoms with E-state index in [-0.39, 0.29) is 24.1 Å². The highest BCUT2D eigenvalue weighted by molar-refractivity contribution is 5.99. The summed E-state index contributed by atoms with van der Waals surface area (Å²) < 4.78 is 5.56. The maximum Gasteiger partial charge on any atom is 0.303 e. The lowest BCUT2D eigenvalue weighted by Crippen LogP contribution is -2.33. The van der Waals surface area contributed by atoms with E-state index < -0.39 is 5.97 Å². The summed E-state index contributed by atoms with van der Waals surface area (Å²) in [6, 6.07) is 7.24. The zero-order valence-corrected chi connectivity index (χ0v) is 11.5. The number of furan rings is 1. The van der Waals surface area contributed by atoms with Gasteiger partial charge in [-0.25, -0.2) is 0 Å². The number of hydrogen-bond donors (Lipinski definition) is 2. The molecule has 1 aromatic heterocycles. The minimum Gasteiger partial charge on any atom is -0.481 e. The highest BCUT2D eigenvalue weighted by Crippen LogP contribution is 2.24. The number of nitrogens with one attached hydrogen (secondary N) is 1. The fourth-order valence-electron chi connectivity index (χ4n) is 2.09. The van der Waals surface area contributed by atoms with Crippen LogP contribution in [0, 0.1) is 6.92 Å². The van der Waals surface area contributed by atoms with Gasteiger partial charge in [0.05, 0.1) is 0 Å². The summed E-state index contributed by atoms with van der Waals surface area (Å²) in [6.07, 6.45) is 0.418. The number of aryl methyl sites for hydroxylation is 1. The Kier molecular flexibility index (Phi) is 4.08. The average molecular weight is 275 g/mol. The van der Waals surface area contributed by atoms with Crippen molar-refractivity contribution in [1.82, 2.24) is 5.32 Å². The minimum atomic E-state index is -0.869. The maximum atomic E-state index is 12.1. The van der Waals surface area contributed by atoms with Crippen molar-refractivity contribution in [3.63, 3.8) is 0 Å². The summed E-state index contributed by atoms with van der Waals surface area (Å²) in [4.78, 5) is 22.6.